The van der Waals surface area contributed by atoms with Crippen LogP contribution in [0, 0.1) is 0 Å². The average Bonchev–Trinajstić information content (AvgIpc) is 3.06. The predicted molar refractivity (Wildman–Crippen MR) is 176 cm³/mol. The van der Waals surface area contributed by atoms with Gasteiger partial charge in [-0.1, -0.05) is 55.8 Å². The number of hydrogen-bond donors (Lipinski definition) is 4. The van der Waals surface area contributed by atoms with Gasteiger partial charge in [0.05, 0.1) is 12.7 Å². The fourth-order valence-corrected chi connectivity index (χ4v) is 5.22. The molecule has 1 fully saturated rings. The minimum atomic E-state index is -5.32. The van der Waals surface area contributed by atoms with E-state index >= 15 is 0 Å². The van der Waals surface area contributed by atoms with E-state index in [2.05, 4.69) is 20.5 Å². The minimum absolute atomic E-state index is 0.244. The summed E-state index contributed by atoms with van der Waals surface area (Å²) in [6.45, 7) is 6.09. The normalized spacial score (nSPS) is 15.2. The molecule has 5 N–H and O–H groups in total. The third-order valence-corrected chi connectivity index (χ3v) is 7.87. The maximum Gasteiger partial charge on any atom is 0.490 e. The number of carbonyl (C=O) groups is 2. The molecule has 1 atom stereocenters. The Morgan fingerprint density at radius 3 is 2.50 bits per heavy atom. The Balaban J connectivity index is 1.98. The largest absolute Gasteiger partial charge is 0.493 e. The summed E-state index contributed by atoms with van der Waals surface area (Å²) >= 11 is 0. The molecule has 0 aromatic heterocycles. The molecule has 1 aliphatic heterocycles. The molecule has 2 aromatic rings. The Kier molecular flexibility index (Phi) is 16.1. The molecule has 0 spiro atoms. The van der Waals surface area contributed by atoms with Crippen molar-refractivity contribution in [3.8, 4) is 16.9 Å². The summed E-state index contributed by atoms with van der Waals surface area (Å²) in [5.74, 6) is -3.32. The molecule has 2 aromatic carbocycles. The third-order valence-electron chi connectivity index (χ3n) is 7.87. The number of alkyl halides is 3. The lowest BCUT2D eigenvalue weighted by atomic mass is 9.94. The van der Waals surface area contributed by atoms with Gasteiger partial charge in [0.25, 0.3) is 5.91 Å². The van der Waals surface area contributed by atoms with Crippen molar-refractivity contribution in [1.29, 1.82) is 0 Å². The second-order valence-electron chi connectivity index (χ2n) is 11.6. The average molecular weight is 680 g/mol. The molecule has 0 bridgehead atoms. The van der Waals surface area contributed by atoms with Crippen LogP contribution in [-0.4, -0.2) is 99.3 Å². The number of hydrogen-bond acceptors (Lipinski definition) is 9. The fourth-order valence-electron chi connectivity index (χ4n) is 5.22. The first kappa shape index (κ1) is 38.7. The van der Waals surface area contributed by atoms with E-state index in [0.717, 1.165) is 37.2 Å². The number of methoxy groups -OCH3 is 1. The van der Waals surface area contributed by atoms with Gasteiger partial charge in [-0.3, -0.25) is 15.1 Å². The number of likely N-dealkylation sites (tertiary alicyclic amines) is 1. The van der Waals surface area contributed by atoms with E-state index in [1.54, 1.807) is 19.2 Å². The second-order valence-corrected chi connectivity index (χ2v) is 11.6. The van der Waals surface area contributed by atoms with Crippen LogP contribution in [0.3, 0.4) is 0 Å². The molecule has 0 radical (unpaired) electrons. The van der Waals surface area contributed by atoms with Gasteiger partial charge in [0.1, 0.15) is 5.75 Å². The zero-order chi connectivity index (χ0) is 34.9. The van der Waals surface area contributed by atoms with Crippen molar-refractivity contribution in [3.05, 3.63) is 53.6 Å². The summed E-state index contributed by atoms with van der Waals surface area (Å²) in [4.78, 5) is 31.5. The van der Waals surface area contributed by atoms with Gasteiger partial charge in [0.15, 0.2) is 12.1 Å². The van der Waals surface area contributed by atoms with E-state index in [1.165, 1.54) is 0 Å². The first-order chi connectivity index (χ1) is 23.0. The number of nitrogens with one attached hydrogen (secondary N) is 2. The molecule has 3 rings (SSSR count). The van der Waals surface area contributed by atoms with Crippen molar-refractivity contribution in [1.82, 2.24) is 15.5 Å². The molecular weight excluding hydrogens is 631 g/mol. The molecule has 1 aliphatic rings. The van der Waals surface area contributed by atoms with E-state index in [1.807, 2.05) is 37.3 Å². The van der Waals surface area contributed by atoms with Gasteiger partial charge in [-0.15, -0.1) is 0 Å². The number of amides is 1. The number of ether oxygens (including phenoxy) is 3. The molecule has 1 heterocycles. The Labute approximate surface area is 280 Å². The highest BCUT2D eigenvalue weighted by Gasteiger charge is 2.43. The minimum Gasteiger partial charge on any atom is -0.493 e. The molecule has 0 aliphatic carbocycles. The molecule has 1 amide bonds. The van der Waals surface area contributed by atoms with Crippen LogP contribution in [-0.2, 0) is 32.0 Å². The number of guanidine groups is 1. The number of aliphatic hydroxyl groups excluding tert-OH is 1. The Hall–Kier alpha value is -3.72. The van der Waals surface area contributed by atoms with Crippen molar-refractivity contribution in [2.45, 2.75) is 70.4 Å². The first-order valence-corrected chi connectivity index (χ1v) is 16.3. The number of piperidine rings is 1. The molecule has 266 valence electrons. The molecule has 1 unspecified atom stereocenters. The van der Waals surface area contributed by atoms with Crippen LogP contribution < -0.4 is 21.1 Å². The number of rotatable bonds is 18. The van der Waals surface area contributed by atoms with Gasteiger partial charge in [-0.25, -0.2) is 4.79 Å². The Morgan fingerprint density at radius 2 is 1.83 bits per heavy atom. The standard InChI is InChI=1S/C34H48F3N5O6/c1-3-4-15-40-33(38)41-31(44)29(48-32(45)34(35,36)37)22-25-11-12-27(24-9-6-5-7-10-24)30(47-21-8-20-46-2)28(25)23-39-16-19-42-17-13-26(43)14-18-42/h5-7,9-12,26,29,39,43H,3-4,8,13-23H2,1-2H3,(H3,38,40,41,44). The lowest BCUT2D eigenvalue weighted by molar-refractivity contribution is -0.205. The van der Waals surface area contributed by atoms with Crippen molar-refractivity contribution < 1.29 is 42.1 Å². The van der Waals surface area contributed by atoms with Crippen LogP contribution in [0.5, 0.6) is 5.75 Å². The van der Waals surface area contributed by atoms with Gasteiger partial charge < -0.3 is 35.3 Å². The van der Waals surface area contributed by atoms with E-state index in [9.17, 15) is 27.9 Å². The smallest absolute Gasteiger partial charge is 0.490 e. The van der Waals surface area contributed by atoms with Gasteiger partial charge in [-0.2, -0.15) is 13.2 Å². The zero-order valence-corrected chi connectivity index (χ0v) is 27.7. The Bertz CT molecular complexity index is 1320. The SMILES string of the molecule is CCCCN=C(N)NC(=O)C(Cc1ccc(-c2ccccc2)c(OCCCOC)c1CNCCN1CCC(O)CC1)OC(=O)C(F)(F)F. The first-order valence-electron chi connectivity index (χ1n) is 16.3. The molecule has 0 saturated carbocycles. The summed E-state index contributed by atoms with van der Waals surface area (Å²) in [6, 6.07) is 13.0. The number of benzene rings is 2. The van der Waals surface area contributed by atoms with E-state index in [0.29, 0.717) is 62.3 Å². The summed E-state index contributed by atoms with van der Waals surface area (Å²) in [6.07, 6.45) is -4.36. The van der Waals surface area contributed by atoms with E-state index in [-0.39, 0.29) is 31.6 Å². The van der Waals surface area contributed by atoms with Gasteiger partial charge in [0.2, 0.25) is 0 Å². The maximum atomic E-state index is 13.3. The highest BCUT2D eigenvalue weighted by Crippen LogP contribution is 2.36. The van der Waals surface area contributed by atoms with Gasteiger partial charge in [0, 0.05) is 77.0 Å². The number of nitrogens with two attached hydrogens (primary N) is 1. The number of unbranched alkanes of at least 4 members (excludes halogenated alkanes) is 1. The third kappa shape index (κ3) is 12.7. The predicted octanol–water partition coefficient (Wildman–Crippen LogP) is 3.56. The maximum absolute atomic E-state index is 13.3. The zero-order valence-electron chi connectivity index (χ0n) is 27.7. The van der Waals surface area contributed by atoms with Crippen LogP contribution in [0.25, 0.3) is 11.1 Å². The lowest BCUT2D eigenvalue weighted by Gasteiger charge is -2.29. The number of esters is 1. The van der Waals surface area contributed by atoms with Crippen molar-refractivity contribution in [2.24, 2.45) is 10.7 Å². The van der Waals surface area contributed by atoms with Crippen LogP contribution in [0.2, 0.25) is 0 Å². The van der Waals surface area contributed by atoms with Crippen molar-refractivity contribution in [3.63, 3.8) is 0 Å². The number of carbonyl (C=O) groups excluding carboxylic acids is 2. The lowest BCUT2D eigenvalue weighted by Crippen LogP contribution is -2.46. The number of nitrogens with zero attached hydrogens (tertiary/aromatic N) is 2. The monoisotopic (exact) mass is 679 g/mol. The quantitative estimate of drug-likeness (QED) is 0.0804. The summed E-state index contributed by atoms with van der Waals surface area (Å²) in [5, 5.41) is 15.5. The summed E-state index contributed by atoms with van der Waals surface area (Å²) in [5.41, 5.74) is 8.48. The van der Waals surface area contributed by atoms with Crippen molar-refractivity contribution >= 4 is 17.8 Å². The summed E-state index contributed by atoms with van der Waals surface area (Å²) in [7, 11) is 1.59. The number of aliphatic imine (C=N–C) groups is 1. The molecular formula is C34H48F3N5O6. The number of halogens is 3. The van der Waals surface area contributed by atoms with Crippen LogP contribution >= 0.6 is 0 Å². The molecule has 1 saturated heterocycles. The number of aliphatic hydroxyl groups is 1. The van der Waals surface area contributed by atoms with Crippen LogP contribution in [0.4, 0.5) is 13.2 Å². The highest BCUT2D eigenvalue weighted by molar-refractivity contribution is 5.99. The second kappa shape index (κ2) is 19.9. The fraction of sp³-hybridized carbons (Fsp3) is 0.559. The summed E-state index contributed by atoms with van der Waals surface area (Å²) < 4.78 is 56.3. The molecule has 48 heavy (non-hydrogen) atoms. The van der Waals surface area contributed by atoms with Crippen LogP contribution in [0.1, 0.15) is 50.2 Å². The van der Waals surface area contributed by atoms with Gasteiger partial charge in [-0.05, 0) is 30.4 Å². The van der Waals surface area contributed by atoms with E-state index < -0.39 is 24.2 Å². The van der Waals surface area contributed by atoms with Gasteiger partial charge >= 0.3 is 12.1 Å². The topological polar surface area (TPSA) is 148 Å². The van der Waals surface area contributed by atoms with Crippen LogP contribution in [0.15, 0.2) is 47.5 Å². The highest BCUT2D eigenvalue weighted by atomic mass is 19.4. The molecule has 14 heteroatoms. The molecule has 11 nitrogen and oxygen atoms in total. The van der Waals surface area contributed by atoms with Crippen molar-refractivity contribution in [2.75, 3.05) is 53.0 Å². The Morgan fingerprint density at radius 1 is 1.10 bits per heavy atom. The van der Waals surface area contributed by atoms with E-state index in [4.69, 9.17) is 19.9 Å².